The summed E-state index contributed by atoms with van der Waals surface area (Å²) in [7, 11) is 0. The van der Waals surface area contributed by atoms with E-state index in [1.165, 1.54) is 0 Å². The molecule has 2 heterocycles. The van der Waals surface area contributed by atoms with Gasteiger partial charge in [0, 0.05) is 26.1 Å². The van der Waals surface area contributed by atoms with Crippen LogP contribution in [0.15, 0.2) is 38.0 Å². The molecule has 0 aliphatic carbocycles. The quantitative estimate of drug-likeness (QED) is 0.762. The van der Waals surface area contributed by atoms with E-state index in [0.29, 0.717) is 0 Å². The van der Waals surface area contributed by atoms with Gasteiger partial charge in [0.2, 0.25) is 0 Å². The lowest BCUT2D eigenvalue weighted by molar-refractivity contribution is 1.29. The molecule has 66 valence electrons. The maximum absolute atomic E-state index is 4.33. The molecule has 0 aromatic carbocycles. The van der Waals surface area contributed by atoms with Crippen molar-refractivity contribution in [3.05, 3.63) is 38.0 Å². The molecule has 0 spiro atoms. The molecule has 0 unspecified atom stereocenters. The lowest BCUT2D eigenvalue weighted by atomic mass is 10.2. The number of hydrogen-bond acceptors (Lipinski definition) is 2. The topological polar surface area (TPSA) is 12.9 Å². The van der Waals surface area contributed by atoms with E-state index in [0.717, 1.165) is 20.2 Å². The molecule has 0 aliphatic rings. The van der Waals surface area contributed by atoms with Crippen molar-refractivity contribution in [3.63, 3.8) is 0 Å². The average Bonchev–Trinajstić information content (AvgIpc) is 2.56. The number of hydrogen-bond donors (Lipinski definition) is 0. The first kappa shape index (κ1) is 9.37. The molecular weight excluding hydrogens is 314 g/mol. The summed E-state index contributed by atoms with van der Waals surface area (Å²) in [4.78, 5) is 4.33. The number of pyridine rings is 1. The van der Waals surface area contributed by atoms with Crippen molar-refractivity contribution in [2.45, 2.75) is 0 Å². The Bertz CT molecular complexity index is 412. The molecular formula is C9H5Br2NS. The minimum absolute atomic E-state index is 0.985. The van der Waals surface area contributed by atoms with Gasteiger partial charge in [-0.15, -0.1) is 0 Å². The van der Waals surface area contributed by atoms with Gasteiger partial charge in [-0.05, 0) is 49.4 Å². The zero-order valence-electron chi connectivity index (χ0n) is 6.50. The summed E-state index contributed by atoms with van der Waals surface area (Å²) in [6, 6.07) is 4.06. The summed E-state index contributed by atoms with van der Waals surface area (Å²) in [5, 5.41) is 4.13. The van der Waals surface area contributed by atoms with Gasteiger partial charge in [0.1, 0.15) is 0 Å². The summed E-state index contributed by atoms with van der Waals surface area (Å²) < 4.78 is 2.00. The zero-order valence-corrected chi connectivity index (χ0v) is 10.5. The van der Waals surface area contributed by atoms with E-state index in [-0.39, 0.29) is 0 Å². The van der Waals surface area contributed by atoms with Crippen LogP contribution in [0.1, 0.15) is 0 Å². The van der Waals surface area contributed by atoms with Crippen molar-refractivity contribution < 1.29 is 0 Å². The van der Waals surface area contributed by atoms with Crippen molar-refractivity contribution in [1.29, 1.82) is 0 Å². The molecule has 0 radical (unpaired) electrons. The summed E-state index contributed by atoms with van der Waals surface area (Å²) >= 11 is 8.53. The number of thiophene rings is 1. The van der Waals surface area contributed by atoms with Crippen LogP contribution in [0.3, 0.4) is 0 Å². The van der Waals surface area contributed by atoms with Crippen molar-refractivity contribution >= 4 is 43.2 Å². The van der Waals surface area contributed by atoms with Gasteiger partial charge >= 0.3 is 0 Å². The van der Waals surface area contributed by atoms with Crippen LogP contribution >= 0.6 is 43.2 Å². The fourth-order valence-corrected chi connectivity index (χ4v) is 2.88. The molecule has 0 fully saturated rings. The van der Waals surface area contributed by atoms with Gasteiger partial charge in [-0.25, -0.2) is 0 Å². The molecule has 0 atom stereocenters. The maximum Gasteiger partial charge on any atom is 0.0853 e. The lowest BCUT2D eigenvalue weighted by Gasteiger charge is -2.00. The predicted octanol–water partition coefficient (Wildman–Crippen LogP) is 4.34. The van der Waals surface area contributed by atoms with Crippen LogP contribution < -0.4 is 0 Å². The minimum atomic E-state index is 0.985. The van der Waals surface area contributed by atoms with Crippen LogP contribution in [-0.2, 0) is 0 Å². The molecule has 0 N–H and O–H groups in total. The van der Waals surface area contributed by atoms with Gasteiger partial charge in [-0.2, -0.15) is 11.3 Å². The Morgan fingerprint density at radius 1 is 1.31 bits per heavy atom. The van der Waals surface area contributed by atoms with Crippen LogP contribution in [-0.4, -0.2) is 4.98 Å². The van der Waals surface area contributed by atoms with Crippen LogP contribution in [0, 0.1) is 0 Å². The van der Waals surface area contributed by atoms with E-state index in [9.17, 15) is 0 Å². The fourth-order valence-electron chi connectivity index (χ4n) is 1.03. The summed E-state index contributed by atoms with van der Waals surface area (Å²) in [6.07, 6.45) is 1.80. The summed E-state index contributed by atoms with van der Waals surface area (Å²) in [6.45, 7) is 0. The smallest absolute Gasteiger partial charge is 0.0853 e. The summed E-state index contributed by atoms with van der Waals surface area (Å²) in [5.41, 5.74) is 2.15. The average molecular weight is 319 g/mol. The highest BCUT2D eigenvalue weighted by molar-refractivity contribution is 9.11. The first-order chi connectivity index (χ1) is 6.27. The fraction of sp³-hybridized carbons (Fsp3) is 0. The summed E-state index contributed by atoms with van der Waals surface area (Å²) in [5.74, 6) is 0. The largest absolute Gasteiger partial charge is 0.254 e. The lowest BCUT2D eigenvalue weighted by Crippen LogP contribution is -1.82. The number of rotatable bonds is 1. The molecule has 2 aromatic heterocycles. The molecule has 0 saturated carbocycles. The molecule has 0 saturated heterocycles. The third kappa shape index (κ3) is 2.00. The van der Waals surface area contributed by atoms with Crippen molar-refractivity contribution in [1.82, 2.24) is 4.98 Å². The minimum Gasteiger partial charge on any atom is -0.254 e. The number of aromatic nitrogens is 1. The van der Waals surface area contributed by atoms with E-state index < -0.39 is 0 Å². The van der Waals surface area contributed by atoms with E-state index in [4.69, 9.17) is 0 Å². The van der Waals surface area contributed by atoms with Gasteiger partial charge in [0.15, 0.2) is 0 Å². The Kier molecular flexibility index (Phi) is 2.81. The van der Waals surface area contributed by atoms with E-state index in [1.54, 1.807) is 17.5 Å². The van der Waals surface area contributed by atoms with Crippen molar-refractivity contribution in [2.24, 2.45) is 0 Å². The molecule has 2 rings (SSSR count). The van der Waals surface area contributed by atoms with Gasteiger partial charge in [-0.1, -0.05) is 0 Å². The third-order valence-electron chi connectivity index (χ3n) is 1.60. The highest BCUT2D eigenvalue weighted by atomic mass is 79.9. The van der Waals surface area contributed by atoms with Crippen molar-refractivity contribution in [2.75, 3.05) is 0 Å². The Labute approximate surface area is 97.1 Å². The number of nitrogens with zero attached hydrogens (tertiary/aromatic N) is 1. The Balaban J connectivity index is 2.53. The second kappa shape index (κ2) is 3.90. The van der Waals surface area contributed by atoms with Crippen molar-refractivity contribution in [3.8, 4) is 11.3 Å². The molecule has 0 aliphatic heterocycles. The molecule has 0 bridgehead atoms. The first-order valence-corrected chi connectivity index (χ1v) is 6.14. The predicted molar refractivity (Wildman–Crippen MR) is 63.0 cm³/mol. The van der Waals surface area contributed by atoms with Crippen LogP contribution in [0.2, 0.25) is 0 Å². The monoisotopic (exact) mass is 317 g/mol. The highest BCUT2D eigenvalue weighted by Gasteiger charge is 2.04. The van der Waals surface area contributed by atoms with Gasteiger partial charge in [0.05, 0.1) is 5.69 Å². The third-order valence-corrected chi connectivity index (χ3v) is 3.32. The second-order valence-corrected chi connectivity index (χ2v) is 5.05. The molecule has 4 heteroatoms. The zero-order chi connectivity index (χ0) is 9.26. The van der Waals surface area contributed by atoms with Gasteiger partial charge in [-0.3, -0.25) is 4.98 Å². The first-order valence-electron chi connectivity index (χ1n) is 3.61. The van der Waals surface area contributed by atoms with E-state index in [1.807, 2.05) is 11.4 Å². The Morgan fingerprint density at radius 3 is 2.77 bits per heavy atom. The molecule has 2 aromatic rings. The molecule has 13 heavy (non-hydrogen) atoms. The van der Waals surface area contributed by atoms with Gasteiger partial charge in [0.25, 0.3) is 0 Å². The van der Waals surface area contributed by atoms with Crippen LogP contribution in [0.5, 0.6) is 0 Å². The van der Waals surface area contributed by atoms with Gasteiger partial charge < -0.3 is 0 Å². The van der Waals surface area contributed by atoms with E-state index in [2.05, 4.69) is 48.3 Å². The Morgan fingerprint density at radius 2 is 2.15 bits per heavy atom. The van der Waals surface area contributed by atoms with E-state index >= 15 is 0 Å². The SMILES string of the molecule is Brc1cnc(-c2ccsc2)c(Br)c1. The van der Waals surface area contributed by atoms with Crippen LogP contribution in [0.4, 0.5) is 0 Å². The standard InChI is InChI=1S/C9H5Br2NS/c10-7-3-8(11)9(12-4-7)6-1-2-13-5-6/h1-5H. The normalized spacial score (nSPS) is 10.3. The second-order valence-electron chi connectivity index (χ2n) is 2.50. The maximum atomic E-state index is 4.33. The molecule has 0 amide bonds. The Hall–Kier alpha value is -0.190. The van der Waals surface area contributed by atoms with Crippen LogP contribution in [0.25, 0.3) is 11.3 Å². The molecule has 1 nitrogen and oxygen atoms in total. The highest BCUT2D eigenvalue weighted by Crippen LogP contribution is 2.29. The number of halogens is 2.